The molecule has 4 heteroatoms. The number of likely N-dealkylation sites (tertiary alicyclic amines) is 1. The van der Waals surface area contributed by atoms with E-state index in [1.807, 2.05) is 0 Å². The lowest BCUT2D eigenvalue weighted by molar-refractivity contribution is -0.127. The van der Waals surface area contributed by atoms with Crippen molar-refractivity contribution >= 4 is 5.91 Å². The summed E-state index contributed by atoms with van der Waals surface area (Å²) in [6.45, 7) is 8.86. The molecule has 0 aliphatic carbocycles. The van der Waals surface area contributed by atoms with E-state index in [0.29, 0.717) is 17.9 Å². The number of hydrogen-bond donors (Lipinski definition) is 1. The maximum atomic E-state index is 12.5. The third-order valence-electron chi connectivity index (χ3n) is 5.97. The van der Waals surface area contributed by atoms with Crippen LogP contribution in [-0.4, -0.2) is 43.2 Å². The Morgan fingerprint density at radius 1 is 1.28 bits per heavy atom. The van der Waals surface area contributed by atoms with Crippen LogP contribution in [0.3, 0.4) is 0 Å². The third kappa shape index (κ3) is 5.05. The highest BCUT2D eigenvalue weighted by Gasteiger charge is 2.30. The number of benzene rings is 1. The molecule has 3 rings (SSSR count). The number of carbonyl (C=O) groups excluding carboxylic acids is 1. The number of nitrogens with one attached hydrogen (secondary N) is 1. The van der Waals surface area contributed by atoms with E-state index in [9.17, 15) is 4.79 Å². The van der Waals surface area contributed by atoms with Crippen LogP contribution in [0.25, 0.3) is 0 Å². The van der Waals surface area contributed by atoms with Gasteiger partial charge in [0.1, 0.15) is 0 Å². The molecular weight excluding hydrogens is 312 g/mol. The molecule has 0 saturated carbocycles. The zero-order valence-corrected chi connectivity index (χ0v) is 15.6. The van der Waals surface area contributed by atoms with Gasteiger partial charge in [-0.05, 0) is 43.6 Å². The Bertz CT molecular complexity index is 542. The summed E-state index contributed by atoms with van der Waals surface area (Å²) in [4.78, 5) is 15.0. The predicted molar refractivity (Wildman–Crippen MR) is 100 cm³/mol. The summed E-state index contributed by atoms with van der Waals surface area (Å²) in [6.07, 6.45) is 3.19. The SMILES string of the molecule is C[C@H](C(=O)NC[C@@H]1C[C@@H](C)N(Cc2ccccc2)C1)C1CCOCC1. The summed E-state index contributed by atoms with van der Waals surface area (Å²) in [7, 11) is 0. The van der Waals surface area contributed by atoms with Gasteiger partial charge in [-0.2, -0.15) is 0 Å². The van der Waals surface area contributed by atoms with Crippen molar-refractivity contribution in [1.29, 1.82) is 0 Å². The van der Waals surface area contributed by atoms with Gasteiger partial charge in [-0.3, -0.25) is 9.69 Å². The lowest BCUT2D eigenvalue weighted by Crippen LogP contribution is -2.38. The van der Waals surface area contributed by atoms with Gasteiger partial charge < -0.3 is 10.1 Å². The molecule has 0 spiro atoms. The largest absolute Gasteiger partial charge is 0.381 e. The Morgan fingerprint density at radius 2 is 2.00 bits per heavy atom. The molecule has 25 heavy (non-hydrogen) atoms. The first-order valence-electron chi connectivity index (χ1n) is 9.77. The van der Waals surface area contributed by atoms with E-state index in [-0.39, 0.29) is 11.8 Å². The Labute approximate surface area is 151 Å². The smallest absolute Gasteiger partial charge is 0.223 e. The summed E-state index contributed by atoms with van der Waals surface area (Å²) >= 11 is 0. The van der Waals surface area contributed by atoms with Gasteiger partial charge in [0.05, 0.1) is 0 Å². The number of nitrogens with zero attached hydrogens (tertiary/aromatic N) is 1. The summed E-state index contributed by atoms with van der Waals surface area (Å²) in [5.74, 6) is 1.36. The number of amides is 1. The molecule has 1 amide bonds. The van der Waals surface area contributed by atoms with Gasteiger partial charge in [0.25, 0.3) is 0 Å². The van der Waals surface area contributed by atoms with Gasteiger partial charge in [-0.1, -0.05) is 37.3 Å². The second-order valence-corrected chi connectivity index (χ2v) is 7.85. The van der Waals surface area contributed by atoms with Gasteiger partial charge in [0.2, 0.25) is 5.91 Å². The van der Waals surface area contributed by atoms with Crippen LogP contribution in [0.2, 0.25) is 0 Å². The van der Waals surface area contributed by atoms with Crippen LogP contribution < -0.4 is 5.32 Å². The van der Waals surface area contributed by atoms with E-state index in [4.69, 9.17) is 4.74 Å². The van der Waals surface area contributed by atoms with Crippen molar-refractivity contribution < 1.29 is 9.53 Å². The van der Waals surface area contributed by atoms with E-state index in [0.717, 1.165) is 45.7 Å². The maximum Gasteiger partial charge on any atom is 0.223 e. The molecule has 1 aromatic rings. The van der Waals surface area contributed by atoms with Crippen LogP contribution >= 0.6 is 0 Å². The summed E-state index contributed by atoms with van der Waals surface area (Å²) < 4.78 is 5.41. The van der Waals surface area contributed by atoms with Gasteiger partial charge in [0.15, 0.2) is 0 Å². The fraction of sp³-hybridized carbons (Fsp3) is 0.667. The molecule has 1 N–H and O–H groups in total. The van der Waals surface area contributed by atoms with Gasteiger partial charge in [0, 0.05) is 44.8 Å². The van der Waals surface area contributed by atoms with Crippen molar-refractivity contribution in [3.05, 3.63) is 35.9 Å². The molecule has 2 saturated heterocycles. The van der Waals surface area contributed by atoms with E-state index in [1.165, 1.54) is 12.0 Å². The molecule has 138 valence electrons. The zero-order valence-electron chi connectivity index (χ0n) is 15.6. The summed E-state index contributed by atoms with van der Waals surface area (Å²) in [5, 5.41) is 3.22. The van der Waals surface area contributed by atoms with Crippen molar-refractivity contribution in [3.8, 4) is 0 Å². The van der Waals surface area contributed by atoms with E-state index >= 15 is 0 Å². The average molecular weight is 344 g/mol. The Morgan fingerprint density at radius 3 is 2.72 bits per heavy atom. The first-order valence-corrected chi connectivity index (χ1v) is 9.77. The highest BCUT2D eigenvalue weighted by molar-refractivity contribution is 5.78. The number of hydrogen-bond acceptors (Lipinski definition) is 3. The minimum atomic E-state index is 0.100. The van der Waals surface area contributed by atoms with Crippen LogP contribution in [0.4, 0.5) is 0 Å². The molecule has 0 radical (unpaired) electrons. The minimum absolute atomic E-state index is 0.100. The highest BCUT2D eigenvalue weighted by atomic mass is 16.5. The summed E-state index contributed by atoms with van der Waals surface area (Å²) in [5.41, 5.74) is 1.37. The highest BCUT2D eigenvalue weighted by Crippen LogP contribution is 2.26. The topological polar surface area (TPSA) is 41.6 Å². The van der Waals surface area contributed by atoms with Crippen molar-refractivity contribution in [2.75, 3.05) is 26.3 Å². The zero-order chi connectivity index (χ0) is 17.6. The third-order valence-corrected chi connectivity index (χ3v) is 5.97. The fourth-order valence-corrected chi connectivity index (χ4v) is 4.24. The van der Waals surface area contributed by atoms with Crippen LogP contribution in [0.5, 0.6) is 0 Å². The quantitative estimate of drug-likeness (QED) is 0.862. The second kappa shape index (κ2) is 8.81. The van der Waals surface area contributed by atoms with Crippen molar-refractivity contribution in [2.24, 2.45) is 17.8 Å². The van der Waals surface area contributed by atoms with Gasteiger partial charge >= 0.3 is 0 Å². The number of ether oxygens (including phenoxy) is 1. The molecule has 2 aliphatic rings. The van der Waals surface area contributed by atoms with Crippen LogP contribution in [-0.2, 0) is 16.1 Å². The normalized spacial score (nSPS) is 26.5. The summed E-state index contributed by atoms with van der Waals surface area (Å²) in [6, 6.07) is 11.2. The van der Waals surface area contributed by atoms with Crippen molar-refractivity contribution in [3.63, 3.8) is 0 Å². The molecule has 4 nitrogen and oxygen atoms in total. The Balaban J connectivity index is 1.43. The van der Waals surface area contributed by atoms with Crippen molar-refractivity contribution in [1.82, 2.24) is 10.2 Å². The molecule has 0 bridgehead atoms. The Hall–Kier alpha value is -1.39. The average Bonchev–Trinajstić information content (AvgIpc) is 3.00. The van der Waals surface area contributed by atoms with E-state index < -0.39 is 0 Å². The lowest BCUT2D eigenvalue weighted by Gasteiger charge is -2.27. The first-order chi connectivity index (χ1) is 12.1. The molecule has 2 aliphatic heterocycles. The van der Waals surface area contributed by atoms with Crippen LogP contribution in [0.15, 0.2) is 30.3 Å². The number of rotatable bonds is 6. The van der Waals surface area contributed by atoms with E-state index in [2.05, 4.69) is 54.4 Å². The molecule has 0 unspecified atom stereocenters. The maximum absolute atomic E-state index is 12.5. The molecule has 2 heterocycles. The molecule has 3 atom stereocenters. The van der Waals surface area contributed by atoms with E-state index in [1.54, 1.807) is 0 Å². The van der Waals surface area contributed by atoms with Gasteiger partial charge in [-0.25, -0.2) is 0 Å². The van der Waals surface area contributed by atoms with Crippen molar-refractivity contribution in [2.45, 2.75) is 45.7 Å². The van der Waals surface area contributed by atoms with Crippen LogP contribution in [0.1, 0.15) is 38.7 Å². The first kappa shape index (κ1) is 18.4. The van der Waals surface area contributed by atoms with Gasteiger partial charge in [-0.15, -0.1) is 0 Å². The molecule has 1 aromatic carbocycles. The molecular formula is C21H32N2O2. The predicted octanol–water partition coefficient (Wildman–Crippen LogP) is 3.08. The monoisotopic (exact) mass is 344 g/mol. The Kier molecular flexibility index (Phi) is 6.49. The van der Waals surface area contributed by atoms with Crippen LogP contribution in [0, 0.1) is 17.8 Å². The lowest BCUT2D eigenvalue weighted by atomic mass is 9.86. The standard InChI is InChI=1S/C21H32N2O2/c1-16-12-19(15-23(16)14-18-6-4-3-5-7-18)13-22-21(24)17(2)20-8-10-25-11-9-20/h3-7,16-17,19-20H,8-15H2,1-2H3,(H,22,24)/t16-,17+,19+/m1/s1. The minimum Gasteiger partial charge on any atom is -0.381 e. The number of carbonyl (C=O) groups is 1. The fourth-order valence-electron chi connectivity index (χ4n) is 4.24. The molecule has 0 aromatic heterocycles. The molecule has 2 fully saturated rings. The second-order valence-electron chi connectivity index (χ2n) is 7.85.